The zero-order chi connectivity index (χ0) is 20.8. The lowest BCUT2D eigenvalue weighted by molar-refractivity contribution is -0.128. The highest BCUT2D eigenvalue weighted by Gasteiger charge is 2.22. The van der Waals surface area contributed by atoms with Crippen molar-refractivity contribution in [3.05, 3.63) is 35.7 Å². The van der Waals surface area contributed by atoms with Gasteiger partial charge in [0.15, 0.2) is 5.16 Å². The number of rotatable bonds is 8. The minimum Gasteiger partial charge on any atom is -0.497 e. The van der Waals surface area contributed by atoms with Gasteiger partial charge in [0.2, 0.25) is 5.91 Å². The second-order valence-electron chi connectivity index (χ2n) is 7.06. The molecule has 8 heteroatoms. The maximum Gasteiger partial charge on any atom is 0.233 e. The van der Waals surface area contributed by atoms with Crippen LogP contribution in [0.4, 0.5) is 5.69 Å². The second-order valence-corrected chi connectivity index (χ2v) is 8.01. The van der Waals surface area contributed by atoms with Crippen molar-refractivity contribution < 1.29 is 14.3 Å². The third-order valence-corrected chi connectivity index (χ3v) is 6.30. The number of aromatic nitrogens is 2. The molecule has 29 heavy (non-hydrogen) atoms. The Labute approximate surface area is 177 Å². The SMILES string of the molecule is COCCn1c(SCC(=O)N2CCN(c3ccc(OC)cc3)CC2)nc(C)c1C. The van der Waals surface area contributed by atoms with Crippen molar-refractivity contribution >= 4 is 23.4 Å². The van der Waals surface area contributed by atoms with E-state index in [1.807, 2.05) is 24.0 Å². The van der Waals surface area contributed by atoms with Crippen molar-refractivity contribution in [2.45, 2.75) is 25.5 Å². The van der Waals surface area contributed by atoms with Crippen molar-refractivity contribution in [3.63, 3.8) is 0 Å². The molecule has 0 N–H and O–H groups in total. The molecule has 0 spiro atoms. The summed E-state index contributed by atoms with van der Waals surface area (Å²) in [6.45, 7) is 8.59. The molecule has 1 aromatic carbocycles. The fourth-order valence-electron chi connectivity index (χ4n) is 3.40. The second kappa shape index (κ2) is 10.0. The summed E-state index contributed by atoms with van der Waals surface area (Å²) in [5, 5.41) is 0.891. The van der Waals surface area contributed by atoms with Crippen LogP contribution in [0.2, 0.25) is 0 Å². The van der Waals surface area contributed by atoms with E-state index in [2.05, 4.69) is 33.5 Å². The molecule has 1 aromatic heterocycles. The van der Waals surface area contributed by atoms with Crippen LogP contribution in [0.3, 0.4) is 0 Å². The average Bonchev–Trinajstić information content (AvgIpc) is 3.03. The number of benzene rings is 1. The van der Waals surface area contributed by atoms with Gasteiger partial charge < -0.3 is 23.8 Å². The molecule has 158 valence electrons. The van der Waals surface area contributed by atoms with Crippen molar-refractivity contribution in [1.82, 2.24) is 14.5 Å². The number of imidazole rings is 1. The van der Waals surface area contributed by atoms with Gasteiger partial charge in [-0.25, -0.2) is 4.98 Å². The number of piperazine rings is 1. The zero-order valence-electron chi connectivity index (χ0n) is 17.7. The Morgan fingerprint density at radius 2 is 1.79 bits per heavy atom. The topological polar surface area (TPSA) is 59.8 Å². The first-order valence-corrected chi connectivity index (χ1v) is 10.8. The van der Waals surface area contributed by atoms with E-state index in [0.717, 1.165) is 55.0 Å². The number of methoxy groups -OCH3 is 2. The Hall–Kier alpha value is -2.19. The summed E-state index contributed by atoms with van der Waals surface area (Å²) in [7, 11) is 3.37. The Balaban J connectivity index is 1.52. The van der Waals surface area contributed by atoms with E-state index < -0.39 is 0 Å². The van der Waals surface area contributed by atoms with Crippen LogP contribution in [-0.4, -0.2) is 73.1 Å². The molecule has 3 rings (SSSR count). The third-order valence-electron chi connectivity index (χ3n) is 5.34. The van der Waals surface area contributed by atoms with Crippen LogP contribution in [0, 0.1) is 13.8 Å². The first-order chi connectivity index (χ1) is 14.0. The number of ether oxygens (including phenoxy) is 2. The predicted molar refractivity (Wildman–Crippen MR) is 116 cm³/mol. The molecular formula is C21H30N4O3S. The summed E-state index contributed by atoms with van der Waals surface area (Å²) >= 11 is 1.51. The van der Waals surface area contributed by atoms with E-state index in [-0.39, 0.29) is 5.91 Å². The predicted octanol–water partition coefficient (Wildman–Crippen LogP) is 2.60. The van der Waals surface area contributed by atoms with Crippen molar-refractivity contribution in [2.75, 3.05) is 57.7 Å². The summed E-state index contributed by atoms with van der Waals surface area (Å²) in [6, 6.07) is 8.08. The molecule has 1 aliphatic heterocycles. The van der Waals surface area contributed by atoms with Gasteiger partial charge in [-0.05, 0) is 38.1 Å². The number of aryl methyl sites for hydroxylation is 1. The molecule has 0 aliphatic carbocycles. The van der Waals surface area contributed by atoms with E-state index in [1.54, 1.807) is 14.2 Å². The number of hydrogen-bond acceptors (Lipinski definition) is 6. The number of nitrogens with zero attached hydrogens (tertiary/aromatic N) is 4. The minimum absolute atomic E-state index is 0.168. The molecule has 0 unspecified atom stereocenters. The van der Waals surface area contributed by atoms with E-state index in [1.165, 1.54) is 17.4 Å². The standard InChI is InChI=1S/C21H30N4O3S/c1-16-17(2)25(13-14-27-3)21(22-16)29-15-20(26)24-11-9-23(10-12-24)18-5-7-19(28-4)8-6-18/h5-8H,9-15H2,1-4H3. The lowest BCUT2D eigenvalue weighted by Crippen LogP contribution is -2.49. The molecule has 0 atom stereocenters. The quantitative estimate of drug-likeness (QED) is 0.614. The maximum atomic E-state index is 12.7. The molecule has 0 bridgehead atoms. The van der Waals surface area contributed by atoms with Gasteiger partial charge in [0.25, 0.3) is 0 Å². The molecule has 0 radical (unpaired) electrons. The molecule has 7 nitrogen and oxygen atoms in total. The highest BCUT2D eigenvalue weighted by atomic mass is 32.2. The molecule has 2 heterocycles. The minimum atomic E-state index is 0.168. The first-order valence-electron chi connectivity index (χ1n) is 9.85. The normalized spacial score (nSPS) is 14.3. The van der Waals surface area contributed by atoms with Crippen LogP contribution in [0.25, 0.3) is 0 Å². The van der Waals surface area contributed by atoms with Crippen molar-refractivity contribution in [3.8, 4) is 5.75 Å². The molecule has 0 saturated carbocycles. The van der Waals surface area contributed by atoms with Crippen LogP contribution >= 0.6 is 11.8 Å². The number of hydrogen-bond donors (Lipinski definition) is 0. The number of carbonyl (C=O) groups excluding carboxylic acids is 1. The lowest BCUT2D eigenvalue weighted by atomic mass is 10.2. The van der Waals surface area contributed by atoms with Gasteiger partial charge >= 0.3 is 0 Å². The summed E-state index contributed by atoms with van der Waals surface area (Å²) in [4.78, 5) is 21.6. The Morgan fingerprint density at radius 3 is 2.41 bits per heavy atom. The molecule has 1 amide bonds. The summed E-state index contributed by atoms with van der Waals surface area (Å²) in [6.07, 6.45) is 0. The van der Waals surface area contributed by atoms with Crippen LogP contribution in [0.15, 0.2) is 29.4 Å². The number of carbonyl (C=O) groups is 1. The molecule has 2 aromatic rings. The van der Waals surface area contributed by atoms with Gasteiger partial charge in [0.1, 0.15) is 5.75 Å². The Morgan fingerprint density at radius 1 is 1.10 bits per heavy atom. The van der Waals surface area contributed by atoms with E-state index in [4.69, 9.17) is 9.47 Å². The van der Waals surface area contributed by atoms with Crippen molar-refractivity contribution in [1.29, 1.82) is 0 Å². The Kier molecular flexibility index (Phi) is 7.44. The first kappa shape index (κ1) is 21.5. The van der Waals surface area contributed by atoms with E-state index in [9.17, 15) is 4.79 Å². The Bertz CT molecular complexity index is 814. The third kappa shape index (κ3) is 5.25. The fourth-order valence-corrected chi connectivity index (χ4v) is 4.42. The van der Waals surface area contributed by atoms with Gasteiger partial charge in [-0.3, -0.25) is 4.79 Å². The van der Waals surface area contributed by atoms with E-state index >= 15 is 0 Å². The van der Waals surface area contributed by atoms with Gasteiger partial charge in [-0.1, -0.05) is 11.8 Å². The smallest absolute Gasteiger partial charge is 0.233 e. The number of amides is 1. The summed E-state index contributed by atoms with van der Waals surface area (Å²) in [5.41, 5.74) is 3.30. The van der Waals surface area contributed by atoms with Crippen LogP contribution in [-0.2, 0) is 16.1 Å². The molecular weight excluding hydrogens is 388 g/mol. The fraction of sp³-hybridized carbons (Fsp3) is 0.524. The van der Waals surface area contributed by atoms with Gasteiger partial charge in [0.05, 0.1) is 25.2 Å². The van der Waals surface area contributed by atoms with Gasteiger partial charge in [-0.15, -0.1) is 0 Å². The molecule has 1 fully saturated rings. The number of anilines is 1. The summed E-state index contributed by atoms with van der Waals surface area (Å²) in [5.74, 6) is 1.43. The van der Waals surface area contributed by atoms with Gasteiger partial charge in [-0.2, -0.15) is 0 Å². The number of thioether (sulfide) groups is 1. The monoisotopic (exact) mass is 418 g/mol. The maximum absolute atomic E-state index is 12.7. The van der Waals surface area contributed by atoms with Crippen LogP contribution in [0.5, 0.6) is 5.75 Å². The highest BCUT2D eigenvalue weighted by molar-refractivity contribution is 7.99. The van der Waals surface area contributed by atoms with Crippen LogP contribution < -0.4 is 9.64 Å². The summed E-state index contributed by atoms with van der Waals surface area (Å²) < 4.78 is 12.6. The zero-order valence-corrected chi connectivity index (χ0v) is 18.5. The van der Waals surface area contributed by atoms with Crippen molar-refractivity contribution in [2.24, 2.45) is 0 Å². The van der Waals surface area contributed by atoms with E-state index in [0.29, 0.717) is 12.4 Å². The largest absolute Gasteiger partial charge is 0.497 e. The lowest BCUT2D eigenvalue weighted by Gasteiger charge is -2.36. The molecule has 1 saturated heterocycles. The average molecular weight is 419 g/mol. The molecule has 1 aliphatic rings. The van der Waals surface area contributed by atoms with Gasteiger partial charge in [0, 0.05) is 51.2 Å². The van der Waals surface area contributed by atoms with Crippen LogP contribution in [0.1, 0.15) is 11.4 Å². The highest BCUT2D eigenvalue weighted by Crippen LogP contribution is 2.23.